The second-order valence-corrected chi connectivity index (χ2v) is 5.13. The number of carbonyl (C=O) groups is 1. The van der Waals surface area contributed by atoms with E-state index in [9.17, 15) is 4.79 Å². The first-order chi connectivity index (χ1) is 9.15. The number of nitrogens with two attached hydrogens (primary N) is 1. The summed E-state index contributed by atoms with van der Waals surface area (Å²) in [6, 6.07) is 15.0. The third kappa shape index (κ3) is 4.10. The quantitative estimate of drug-likeness (QED) is 0.498. The van der Waals surface area contributed by atoms with E-state index in [1.165, 1.54) is 6.08 Å². The highest BCUT2D eigenvalue weighted by molar-refractivity contribution is 14.1. The van der Waals surface area contributed by atoms with Gasteiger partial charge < -0.3 is 11.1 Å². The molecule has 0 radical (unpaired) electrons. The Hall–Kier alpha value is -1.82. The van der Waals surface area contributed by atoms with Gasteiger partial charge in [0.05, 0.1) is 5.69 Å². The summed E-state index contributed by atoms with van der Waals surface area (Å²) in [5, 5.41) is 2.83. The van der Waals surface area contributed by atoms with Crippen molar-refractivity contribution < 1.29 is 4.79 Å². The molecule has 0 saturated heterocycles. The number of hydrogen-bond donors (Lipinski definition) is 2. The van der Waals surface area contributed by atoms with Crippen LogP contribution in [0.2, 0.25) is 0 Å². The number of anilines is 2. The average molecular weight is 364 g/mol. The highest BCUT2D eigenvalue weighted by Gasteiger charge is 2.00. The zero-order chi connectivity index (χ0) is 13.7. The fourth-order valence-electron chi connectivity index (χ4n) is 1.52. The van der Waals surface area contributed by atoms with Gasteiger partial charge in [-0.3, -0.25) is 4.79 Å². The molecule has 4 heteroatoms. The van der Waals surface area contributed by atoms with Crippen molar-refractivity contribution in [3.63, 3.8) is 0 Å². The maximum Gasteiger partial charge on any atom is 0.248 e. The standard InChI is InChI=1S/C15H13IN2O/c16-13-3-1-2-4-14(13)18-15(19)10-7-11-5-8-12(17)9-6-11/h1-10H,17H2,(H,18,19)/b10-7+. The van der Waals surface area contributed by atoms with Crippen molar-refractivity contribution in [1.29, 1.82) is 0 Å². The van der Waals surface area contributed by atoms with E-state index in [0.717, 1.165) is 14.8 Å². The van der Waals surface area contributed by atoms with E-state index in [1.54, 1.807) is 18.2 Å². The Morgan fingerprint density at radius 2 is 1.79 bits per heavy atom. The lowest BCUT2D eigenvalue weighted by Crippen LogP contribution is -2.08. The van der Waals surface area contributed by atoms with Crippen molar-refractivity contribution in [2.24, 2.45) is 0 Å². The Labute approximate surface area is 125 Å². The maximum atomic E-state index is 11.8. The minimum absolute atomic E-state index is 0.152. The fourth-order valence-corrected chi connectivity index (χ4v) is 2.04. The Balaban J connectivity index is 2.02. The molecule has 0 saturated carbocycles. The van der Waals surface area contributed by atoms with Crippen LogP contribution in [-0.4, -0.2) is 5.91 Å². The van der Waals surface area contributed by atoms with Crippen LogP contribution < -0.4 is 11.1 Å². The van der Waals surface area contributed by atoms with Crippen LogP contribution in [0.15, 0.2) is 54.6 Å². The van der Waals surface area contributed by atoms with Gasteiger partial charge in [-0.25, -0.2) is 0 Å². The Bertz CT molecular complexity index is 606. The molecule has 0 unspecified atom stereocenters. The van der Waals surface area contributed by atoms with E-state index in [4.69, 9.17) is 5.73 Å². The van der Waals surface area contributed by atoms with Crippen LogP contribution in [0.1, 0.15) is 5.56 Å². The molecule has 0 aliphatic heterocycles. The third-order valence-electron chi connectivity index (χ3n) is 2.50. The highest BCUT2D eigenvalue weighted by Crippen LogP contribution is 2.17. The van der Waals surface area contributed by atoms with Gasteiger partial charge in [0.15, 0.2) is 0 Å². The van der Waals surface area contributed by atoms with E-state index < -0.39 is 0 Å². The van der Waals surface area contributed by atoms with Crippen molar-refractivity contribution in [2.75, 3.05) is 11.1 Å². The van der Waals surface area contributed by atoms with E-state index in [2.05, 4.69) is 27.9 Å². The summed E-state index contributed by atoms with van der Waals surface area (Å²) in [5.74, 6) is -0.152. The first-order valence-corrected chi connectivity index (χ1v) is 6.82. The molecule has 3 nitrogen and oxygen atoms in total. The zero-order valence-corrected chi connectivity index (χ0v) is 12.3. The second-order valence-electron chi connectivity index (χ2n) is 3.97. The second kappa shape index (κ2) is 6.38. The summed E-state index contributed by atoms with van der Waals surface area (Å²) in [6.07, 6.45) is 3.26. The van der Waals surface area contributed by atoms with Crippen LogP contribution >= 0.6 is 22.6 Å². The van der Waals surface area contributed by atoms with Gasteiger partial charge in [0.25, 0.3) is 0 Å². The lowest BCUT2D eigenvalue weighted by atomic mass is 10.2. The minimum Gasteiger partial charge on any atom is -0.399 e. The van der Waals surface area contributed by atoms with Crippen LogP contribution in [0, 0.1) is 3.57 Å². The zero-order valence-electron chi connectivity index (χ0n) is 10.1. The van der Waals surface area contributed by atoms with Crippen LogP contribution in [0.4, 0.5) is 11.4 Å². The van der Waals surface area contributed by atoms with Crippen molar-refractivity contribution in [3.05, 3.63) is 63.7 Å². The number of nitrogen functional groups attached to an aromatic ring is 1. The summed E-state index contributed by atoms with van der Waals surface area (Å²) in [4.78, 5) is 11.8. The summed E-state index contributed by atoms with van der Waals surface area (Å²) in [7, 11) is 0. The van der Waals surface area contributed by atoms with Crippen LogP contribution in [0.25, 0.3) is 6.08 Å². The molecule has 2 aromatic carbocycles. The van der Waals surface area contributed by atoms with Gasteiger partial charge in [-0.05, 0) is 58.5 Å². The number of benzene rings is 2. The minimum atomic E-state index is -0.152. The first-order valence-electron chi connectivity index (χ1n) is 5.74. The number of hydrogen-bond acceptors (Lipinski definition) is 2. The SMILES string of the molecule is Nc1ccc(/C=C/C(=O)Nc2ccccc2I)cc1. The van der Waals surface area contributed by atoms with Crippen molar-refractivity contribution in [2.45, 2.75) is 0 Å². The summed E-state index contributed by atoms with van der Waals surface area (Å²) >= 11 is 2.18. The van der Waals surface area contributed by atoms with E-state index in [0.29, 0.717) is 5.69 Å². The van der Waals surface area contributed by atoms with Gasteiger partial charge in [-0.15, -0.1) is 0 Å². The topological polar surface area (TPSA) is 55.1 Å². The fraction of sp³-hybridized carbons (Fsp3) is 0. The van der Waals surface area contributed by atoms with E-state index in [1.807, 2.05) is 36.4 Å². The van der Waals surface area contributed by atoms with Gasteiger partial charge in [0.1, 0.15) is 0 Å². The molecule has 0 aliphatic carbocycles. The number of nitrogens with one attached hydrogen (secondary N) is 1. The van der Waals surface area contributed by atoms with Gasteiger partial charge in [-0.2, -0.15) is 0 Å². The monoisotopic (exact) mass is 364 g/mol. The molecule has 0 fully saturated rings. The molecule has 2 aromatic rings. The van der Waals surface area contributed by atoms with E-state index >= 15 is 0 Å². The molecule has 0 atom stereocenters. The Kier molecular flexibility index (Phi) is 4.57. The number of halogens is 1. The Morgan fingerprint density at radius 3 is 2.47 bits per heavy atom. The molecule has 0 heterocycles. The molecule has 3 N–H and O–H groups in total. The Morgan fingerprint density at radius 1 is 1.11 bits per heavy atom. The largest absolute Gasteiger partial charge is 0.399 e. The first kappa shape index (κ1) is 13.6. The smallest absolute Gasteiger partial charge is 0.248 e. The third-order valence-corrected chi connectivity index (χ3v) is 3.44. The molecule has 0 bridgehead atoms. The van der Waals surface area contributed by atoms with Crippen LogP contribution in [0.3, 0.4) is 0 Å². The molecule has 96 valence electrons. The molecule has 0 aliphatic rings. The van der Waals surface area contributed by atoms with Crippen LogP contribution in [0.5, 0.6) is 0 Å². The summed E-state index contributed by atoms with van der Waals surface area (Å²) < 4.78 is 1.01. The van der Waals surface area contributed by atoms with Gasteiger partial charge >= 0.3 is 0 Å². The predicted molar refractivity (Wildman–Crippen MR) is 87.7 cm³/mol. The summed E-state index contributed by atoms with van der Waals surface area (Å²) in [6.45, 7) is 0. The highest BCUT2D eigenvalue weighted by atomic mass is 127. The molecule has 2 rings (SSSR count). The maximum absolute atomic E-state index is 11.8. The van der Waals surface area contributed by atoms with E-state index in [-0.39, 0.29) is 5.91 Å². The molecule has 19 heavy (non-hydrogen) atoms. The van der Waals surface area contributed by atoms with Crippen molar-refractivity contribution in [3.8, 4) is 0 Å². The van der Waals surface area contributed by atoms with Gasteiger partial charge in [0, 0.05) is 15.3 Å². The summed E-state index contributed by atoms with van der Waals surface area (Å²) in [5.41, 5.74) is 8.06. The number of rotatable bonds is 3. The molecular formula is C15H13IN2O. The number of para-hydroxylation sites is 1. The normalized spacial score (nSPS) is 10.6. The molecule has 0 aromatic heterocycles. The van der Waals surface area contributed by atoms with Gasteiger partial charge in [0.2, 0.25) is 5.91 Å². The molecule has 0 spiro atoms. The lowest BCUT2D eigenvalue weighted by molar-refractivity contribution is -0.111. The lowest BCUT2D eigenvalue weighted by Gasteiger charge is -2.04. The average Bonchev–Trinajstić information content (AvgIpc) is 2.41. The molecule has 1 amide bonds. The van der Waals surface area contributed by atoms with Crippen LogP contribution in [-0.2, 0) is 4.79 Å². The van der Waals surface area contributed by atoms with Gasteiger partial charge in [-0.1, -0.05) is 24.3 Å². The van der Waals surface area contributed by atoms with Crippen molar-refractivity contribution >= 4 is 45.9 Å². The predicted octanol–water partition coefficient (Wildman–Crippen LogP) is 3.53. The molecular weight excluding hydrogens is 351 g/mol. The number of carbonyl (C=O) groups excluding carboxylic acids is 1. The van der Waals surface area contributed by atoms with Crippen molar-refractivity contribution in [1.82, 2.24) is 0 Å². The number of amides is 1.